The smallest absolute Gasteiger partial charge is 0.217 e. The van der Waals surface area contributed by atoms with Gasteiger partial charge in [0.2, 0.25) is 5.90 Å². The summed E-state index contributed by atoms with van der Waals surface area (Å²) in [4.78, 5) is 17.7. The van der Waals surface area contributed by atoms with Gasteiger partial charge in [-0.1, -0.05) is 55.5 Å². The average Bonchev–Trinajstić information content (AvgIpc) is 2.97. The first-order valence-electron chi connectivity index (χ1n) is 8.91. The number of Topliss-reactive ketones (excluding diaryl/α,β-unsaturated/α-hetero) is 1. The van der Waals surface area contributed by atoms with Crippen LogP contribution in [0.2, 0.25) is 0 Å². The molecule has 0 saturated heterocycles. The summed E-state index contributed by atoms with van der Waals surface area (Å²) in [5.41, 5.74) is 2.69. The Morgan fingerprint density at radius 3 is 2.44 bits per heavy atom. The number of ether oxygens (including phenoxy) is 1. The molecule has 0 aromatic heterocycles. The summed E-state index contributed by atoms with van der Waals surface area (Å²) in [5, 5.41) is 0. The molecule has 130 valence electrons. The number of carbonyl (C=O) groups is 1. The zero-order chi connectivity index (χ0) is 17.9. The van der Waals surface area contributed by atoms with Gasteiger partial charge in [-0.3, -0.25) is 4.79 Å². The molecule has 0 aliphatic carbocycles. The summed E-state index contributed by atoms with van der Waals surface area (Å²) in [5.74, 6) is 0.595. The second-order valence-corrected chi connectivity index (χ2v) is 7.17. The third-order valence-corrected chi connectivity index (χ3v) is 4.42. The van der Waals surface area contributed by atoms with Crippen LogP contribution in [0.15, 0.2) is 59.6 Å². The third-order valence-electron chi connectivity index (χ3n) is 4.42. The second-order valence-electron chi connectivity index (χ2n) is 7.17. The molecule has 3 rings (SSSR count). The Morgan fingerprint density at radius 1 is 1.12 bits per heavy atom. The molecule has 0 bridgehead atoms. The highest BCUT2D eigenvalue weighted by molar-refractivity contribution is 6.00. The lowest BCUT2D eigenvalue weighted by Crippen LogP contribution is -2.18. The minimum absolute atomic E-state index is 0.224. The van der Waals surface area contributed by atoms with Gasteiger partial charge in [0.15, 0.2) is 0 Å². The molecule has 0 radical (unpaired) electrons. The van der Waals surface area contributed by atoms with Gasteiger partial charge < -0.3 is 4.74 Å². The van der Waals surface area contributed by atoms with E-state index in [-0.39, 0.29) is 17.2 Å². The molecule has 0 amide bonds. The Labute approximate surface area is 149 Å². The van der Waals surface area contributed by atoms with Gasteiger partial charge in [-0.25, -0.2) is 4.99 Å². The van der Waals surface area contributed by atoms with Gasteiger partial charge in [0, 0.05) is 12.0 Å². The number of aliphatic imine (C=N–C) groups is 1. The van der Waals surface area contributed by atoms with Crippen LogP contribution in [0.25, 0.3) is 0 Å². The number of hydrogen-bond acceptors (Lipinski definition) is 3. The van der Waals surface area contributed by atoms with Gasteiger partial charge >= 0.3 is 0 Å². The topological polar surface area (TPSA) is 38.7 Å². The van der Waals surface area contributed by atoms with E-state index in [4.69, 9.17) is 9.73 Å². The zero-order valence-electron chi connectivity index (χ0n) is 15.2. The van der Waals surface area contributed by atoms with E-state index in [9.17, 15) is 4.79 Å². The molecule has 2 aromatic carbocycles. The molecule has 25 heavy (non-hydrogen) atoms. The molecule has 1 unspecified atom stereocenters. The Bertz CT molecular complexity index is 778. The molecule has 1 heterocycles. The average molecular weight is 335 g/mol. The molecule has 1 atom stereocenters. The normalized spacial score (nSPS) is 16.8. The standard InChI is InChI=1S/C22H25NO2/c1-4-10-19(24)20(16-11-6-5-7-12-16)17-13-8-9-14-18(17)21-23-22(2,3)15-25-21/h5-9,11-14,20H,4,10,15H2,1-3H3. The van der Waals surface area contributed by atoms with Crippen molar-refractivity contribution in [2.24, 2.45) is 4.99 Å². The lowest BCUT2D eigenvalue weighted by molar-refractivity contribution is -0.119. The molecule has 0 N–H and O–H groups in total. The van der Waals surface area contributed by atoms with Crippen molar-refractivity contribution in [2.45, 2.75) is 45.1 Å². The van der Waals surface area contributed by atoms with Crippen LogP contribution in [0, 0.1) is 0 Å². The lowest BCUT2D eigenvalue weighted by Gasteiger charge is -2.20. The fourth-order valence-electron chi connectivity index (χ4n) is 3.24. The van der Waals surface area contributed by atoms with E-state index in [1.54, 1.807) is 0 Å². The number of carbonyl (C=O) groups excluding carboxylic acids is 1. The first-order valence-corrected chi connectivity index (χ1v) is 8.91. The molecule has 1 aliphatic heterocycles. The molecule has 0 spiro atoms. The monoisotopic (exact) mass is 335 g/mol. The van der Waals surface area contributed by atoms with Crippen LogP contribution < -0.4 is 0 Å². The SMILES string of the molecule is CCCC(=O)C(c1ccccc1)c1ccccc1C1=NC(C)(C)CO1. The molecule has 0 saturated carbocycles. The number of ketones is 1. The van der Waals surface area contributed by atoms with Gasteiger partial charge in [0.1, 0.15) is 12.4 Å². The van der Waals surface area contributed by atoms with Crippen molar-refractivity contribution in [2.75, 3.05) is 6.61 Å². The number of benzene rings is 2. The second kappa shape index (κ2) is 7.22. The largest absolute Gasteiger partial charge is 0.475 e. The van der Waals surface area contributed by atoms with Gasteiger partial charge in [0.05, 0.1) is 11.5 Å². The Hall–Kier alpha value is -2.42. The summed E-state index contributed by atoms with van der Waals surface area (Å²) in [7, 11) is 0. The summed E-state index contributed by atoms with van der Waals surface area (Å²) in [6, 6.07) is 18.0. The molecular weight excluding hydrogens is 310 g/mol. The van der Waals surface area contributed by atoms with E-state index in [0.29, 0.717) is 18.9 Å². The summed E-state index contributed by atoms with van der Waals surface area (Å²) in [6.07, 6.45) is 1.40. The molecular formula is C22H25NO2. The molecule has 2 aromatic rings. The van der Waals surface area contributed by atoms with E-state index >= 15 is 0 Å². The van der Waals surface area contributed by atoms with E-state index in [1.807, 2.05) is 61.5 Å². The highest BCUT2D eigenvalue weighted by atomic mass is 16.5. The minimum atomic E-state index is -0.285. The maximum Gasteiger partial charge on any atom is 0.217 e. The summed E-state index contributed by atoms with van der Waals surface area (Å²) >= 11 is 0. The van der Waals surface area contributed by atoms with Gasteiger partial charge in [-0.15, -0.1) is 0 Å². The summed E-state index contributed by atoms with van der Waals surface area (Å²) < 4.78 is 5.86. The quantitative estimate of drug-likeness (QED) is 0.764. The third kappa shape index (κ3) is 3.81. The Balaban J connectivity index is 2.10. The fourth-order valence-corrected chi connectivity index (χ4v) is 3.24. The fraction of sp³-hybridized carbons (Fsp3) is 0.364. The number of hydrogen-bond donors (Lipinski definition) is 0. The molecule has 3 heteroatoms. The van der Waals surface area contributed by atoms with Crippen LogP contribution in [0.4, 0.5) is 0 Å². The highest BCUT2D eigenvalue weighted by Crippen LogP contribution is 2.32. The summed E-state index contributed by atoms with van der Waals surface area (Å²) in [6.45, 7) is 6.72. The van der Waals surface area contributed by atoms with Crippen molar-refractivity contribution < 1.29 is 9.53 Å². The molecule has 1 aliphatic rings. The Kier molecular flexibility index (Phi) is 5.03. The van der Waals surface area contributed by atoms with E-state index in [1.165, 1.54) is 0 Å². The lowest BCUT2D eigenvalue weighted by atomic mass is 9.83. The number of nitrogens with zero attached hydrogens (tertiary/aromatic N) is 1. The van der Waals surface area contributed by atoms with Gasteiger partial charge in [-0.05, 0) is 37.5 Å². The number of rotatable bonds is 6. The maximum atomic E-state index is 13.0. The first-order chi connectivity index (χ1) is 12.0. The van der Waals surface area contributed by atoms with Crippen LogP contribution in [0.3, 0.4) is 0 Å². The van der Waals surface area contributed by atoms with Crippen molar-refractivity contribution >= 4 is 11.7 Å². The molecule has 0 fully saturated rings. The minimum Gasteiger partial charge on any atom is -0.475 e. The van der Waals surface area contributed by atoms with Gasteiger partial charge in [0.25, 0.3) is 0 Å². The van der Waals surface area contributed by atoms with Crippen molar-refractivity contribution in [1.29, 1.82) is 0 Å². The van der Waals surface area contributed by atoms with Crippen molar-refractivity contribution in [3.05, 3.63) is 71.3 Å². The van der Waals surface area contributed by atoms with Crippen molar-refractivity contribution in [1.82, 2.24) is 0 Å². The van der Waals surface area contributed by atoms with Crippen LogP contribution in [-0.4, -0.2) is 23.8 Å². The van der Waals surface area contributed by atoms with Crippen LogP contribution in [-0.2, 0) is 9.53 Å². The Morgan fingerprint density at radius 2 is 1.80 bits per heavy atom. The van der Waals surface area contributed by atoms with Crippen LogP contribution in [0.1, 0.15) is 56.2 Å². The predicted molar refractivity (Wildman–Crippen MR) is 101 cm³/mol. The first kappa shape index (κ1) is 17.4. The van der Waals surface area contributed by atoms with Crippen LogP contribution in [0.5, 0.6) is 0 Å². The van der Waals surface area contributed by atoms with E-state index < -0.39 is 0 Å². The van der Waals surface area contributed by atoms with Crippen molar-refractivity contribution in [3.8, 4) is 0 Å². The van der Waals surface area contributed by atoms with Gasteiger partial charge in [-0.2, -0.15) is 0 Å². The van der Waals surface area contributed by atoms with Crippen LogP contribution >= 0.6 is 0 Å². The van der Waals surface area contributed by atoms with E-state index in [0.717, 1.165) is 23.1 Å². The maximum absolute atomic E-state index is 13.0. The van der Waals surface area contributed by atoms with Crippen molar-refractivity contribution in [3.63, 3.8) is 0 Å². The highest BCUT2D eigenvalue weighted by Gasteiger charge is 2.31. The zero-order valence-corrected chi connectivity index (χ0v) is 15.2. The molecule has 3 nitrogen and oxygen atoms in total. The van der Waals surface area contributed by atoms with E-state index in [2.05, 4.69) is 13.8 Å². The predicted octanol–water partition coefficient (Wildman–Crippen LogP) is 4.74.